The minimum absolute atomic E-state index is 0.0266. The molecule has 0 aromatic carbocycles. The van der Waals surface area contributed by atoms with Gasteiger partial charge in [0.1, 0.15) is 12.8 Å². The fourth-order valence-electron chi connectivity index (χ4n) is 9.23. The first-order valence-electron chi connectivity index (χ1n) is 13.8. The summed E-state index contributed by atoms with van der Waals surface area (Å²) in [6.07, 6.45) is 1.20. The average Bonchev–Trinajstić information content (AvgIpc) is 3.56. The summed E-state index contributed by atoms with van der Waals surface area (Å²) in [6, 6.07) is 1.94. The van der Waals surface area contributed by atoms with Crippen molar-refractivity contribution in [2.45, 2.75) is 70.1 Å². The Morgan fingerprint density at radius 2 is 2.02 bits per heavy atom. The molecule has 9 atom stereocenters. The largest absolute Gasteiger partial charge is 0.390 e. The zero-order valence-electron chi connectivity index (χ0n) is 23.4. The van der Waals surface area contributed by atoms with Gasteiger partial charge in [0.2, 0.25) is 0 Å². The van der Waals surface area contributed by atoms with Gasteiger partial charge >= 0.3 is 0 Å². The van der Waals surface area contributed by atoms with Crippen molar-refractivity contribution in [1.29, 1.82) is 0 Å². The number of thiophene rings is 1. The maximum atomic E-state index is 17.8. The van der Waals surface area contributed by atoms with Gasteiger partial charge in [-0.3, -0.25) is 18.6 Å². The second-order valence-electron chi connectivity index (χ2n) is 13.1. The van der Waals surface area contributed by atoms with E-state index in [1.54, 1.807) is 12.0 Å². The Kier molecular flexibility index (Phi) is 6.48. The lowest BCUT2D eigenvalue weighted by Crippen LogP contribution is -2.73. The first-order valence-corrected chi connectivity index (χ1v) is 16.6. The van der Waals surface area contributed by atoms with E-state index in [1.807, 2.05) is 23.8 Å². The van der Waals surface area contributed by atoms with Crippen molar-refractivity contribution in [2.75, 3.05) is 19.4 Å². The zero-order valence-corrected chi connectivity index (χ0v) is 25.1. The second-order valence-corrected chi connectivity index (χ2v) is 15.5. The van der Waals surface area contributed by atoms with Crippen LogP contribution in [-0.4, -0.2) is 73.1 Å². The van der Waals surface area contributed by atoms with Crippen molar-refractivity contribution >= 4 is 33.0 Å². The summed E-state index contributed by atoms with van der Waals surface area (Å²) < 4.78 is 62.4. The van der Waals surface area contributed by atoms with Gasteiger partial charge in [-0.05, 0) is 71.7 Å². The summed E-state index contributed by atoms with van der Waals surface area (Å²) in [5.41, 5.74) is -6.76. The average molecular weight is 612 g/mol. The highest BCUT2D eigenvalue weighted by atomic mass is 32.2. The molecule has 1 aromatic rings. The van der Waals surface area contributed by atoms with Gasteiger partial charge < -0.3 is 5.11 Å². The Labute approximate surface area is 242 Å². The normalized spacial score (nSPS) is 45.5. The van der Waals surface area contributed by atoms with Gasteiger partial charge in [-0.2, -0.15) is 24.8 Å². The highest BCUT2D eigenvalue weighted by molar-refractivity contribution is 7.86. The van der Waals surface area contributed by atoms with Crippen LogP contribution in [0.15, 0.2) is 40.6 Å². The Morgan fingerprint density at radius 1 is 1.29 bits per heavy atom. The minimum atomic E-state index is -3.96. The van der Waals surface area contributed by atoms with E-state index in [0.717, 1.165) is 17.9 Å². The molecular weight excluding hydrogens is 576 g/mol. The molecule has 3 saturated carbocycles. The number of nitrogens with zero attached hydrogens (tertiary/aromatic N) is 1. The van der Waals surface area contributed by atoms with E-state index in [-0.39, 0.29) is 18.4 Å². The van der Waals surface area contributed by atoms with E-state index in [9.17, 15) is 23.1 Å². The maximum absolute atomic E-state index is 17.8. The molecule has 41 heavy (non-hydrogen) atoms. The van der Waals surface area contributed by atoms with Gasteiger partial charge in [-0.15, -0.1) is 0 Å². The van der Waals surface area contributed by atoms with E-state index >= 15 is 8.78 Å². The molecule has 224 valence electrons. The SMILES string of the molecule is C[C@]12C[C@H](O)[C@@]3(F)[C@@H](C[C@H](F)C4=CC(=O)C=C[C@@]43C)[C@]1(C)C[C@H]1CN(Cc3ccsc3)O[C@]12C(=O)COS(C)(=O)=O. The topological polar surface area (TPSA) is 110 Å². The van der Waals surface area contributed by atoms with Crippen LogP contribution in [0.1, 0.15) is 45.6 Å². The van der Waals surface area contributed by atoms with Crippen LogP contribution < -0.4 is 0 Å². The maximum Gasteiger partial charge on any atom is 0.264 e. The van der Waals surface area contributed by atoms with Crippen LogP contribution in [0.2, 0.25) is 0 Å². The van der Waals surface area contributed by atoms with Crippen LogP contribution in [0.4, 0.5) is 8.78 Å². The molecule has 0 radical (unpaired) electrons. The Bertz CT molecular complexity index is 1460. The van der Waals surface area contributed by atoms with E-state index in [4.69, 9.17) is 9.02 Å². The van der Waals surface area contributed by atoms with Crippen molar-refractivity contribution < 1.29 is 40.9 Å². The number of aliphatic hydroxyl groups is 1. The summed E-state index contributed by atoms with van der Waals surface area (Å²) >= 11 is 1.52. The second kappa shape index (κ2) is 9.09. The third kappa shape index (κ3) is 3.76. The molecule has 1 N–H and O–H groups in total. The monoisotopic (exact) mass is 611 g/mol. The van der Waals surface area contributed by atoms with E-state index in [2.05, 4.69) is 0 Å². The van der Waals surface area contributed by atoms with Crippen LogP contribution in [0.5, 0.6) is 0 Å². The number of aliphatic hydroxyl groups excluding tert-OH is 1. The molecule has 0 bridgehead atoms. The third-order valence-electron chi connectivity index (χ3n) is 11.2. The summed E-state index contributed by atoms with van der Waals surface area (Å²) in [7, 11) is -3.96. The van der Waals surface area contributed by atoms with Crippen LogP contribution in [0.3, 0.4) is 0 Å². The highest BCUT2D eigenvalue weighted by Gasteiger charge is 2.83. The standard InChI is InChI=1S/C29H35F2NO7S2/c1-25-7-5-19(33)9-20(25)21(30)10-22-26(2)11-18-14-32(13-17-6-8-40-16-17)39-29(18,24(35)15-38-41(4,36)37)27(26,3)12-23(34)28(22,25)31/h5-9,16,18,21-23,34H,10-15H2,1-4H3/t18-,21-,22-,23-,25-,26-,27-,28-,29-/m0/s1. The number of hydrogen-bond acceptors (Lipinski definition) is 9. The number of halogens is 2. The number of allylic oxidation sites excluding steroid dienone is 4. The number of Topliss-reactive ketones (excluding diaryl/α,β-unsaturated/α-hetero) is 1. The van der Waals surface area contributed by atoms with Gasteiger partial charge in [-0.1, -0.05) is 19.9 Å². The highest BCUT2D eigenvalue weighted by Crippen LogP contribution is 2.77. The number of fused-ring (bicyclic) bond motifs is 7. The van der Waals surface area contributed by atoms with Crippen LogP contribution in [0, 0.1) is 28.1 Å². The predicted molar refractivity (Wildman–Crippen MR) is 146 cm³/mol. The van der Waals surface area contributed by atoms with Crippen molar-refractivity contribution in [3.63, 3.8) is 0 Å². The quantitative estimate of drug-likeness (QED) is 0.485. The van der Waals surface area contributed by atoms with Gasteiger partial charge in [0, 0.05) is 35.8 Å². The molecule has 6 rings (SSSR count). The van der Waals surface area contributed by atoms with Crippen molar-refractivity contribution in [3.05, 3.63) is 46.2 Å². The predicted octanol–water partition coefficient (Wildman–Crippen LogP) is 3.71. The number of rotatable bonds is 6. The first-order chi connectivity index (χ1) is 19.0. The number of ketones is 2. The lowest BCUT2D eigenvalue weighted by atomic mass is 9.39. The fraction of sp³-hybridized carbons (Fsp3) is 0.655. The number of carbonyl (C=O) groups is 2. The number of hydroxylamine groups is 2. The summed E-state index contributed by atoms with van der Waals surface area (Å²) in [5.74, 6) is -2.55. The Morgan fingerprint density at radius 3 is 2.68 bits per heavy atom. The molecule has 4 aliphatic carbocycles. The van der Waals surface area contributed by atoms with E-state index in [0.29, 0.717) is 19.5 Å². The van der Waals surface area contributed by atoms with Crippen LogP contribution in [0.25, 0.3) is 0 Å². The Hall–Kier alpha value is -1.83. The van der Waals surface area contributed by atoms with Crippen LogP contribution in [-0.2, 0) is 35.3 Å². The first kappa shape index (κ1) is 29.3. The molecule has 8 nitrogen and oxygen atoms in total. The molecule has 0 spiro atoms. The molecule has 5 aliphatic rings. The molecule has 0 amide bonds. The lowest BCUT2D eigenvalue weighted by molar-refractivity contribution is -0.289. The molecule has 1 aromatic heterocycles. The van der Waals surface area contributed by atoms with E-state index < -0.39 is 79.9 Å². The fourth-order valence-corrected chi connectivity index (χ4v) is 10.2. The number of carbonyl (C=O) groups excluding carboxylic acids is 2. The van der Waals surface area contributed by atoms with Gasteiger partial charge in [0.15, 0.2) is 22.8 Å². The summed E-state index contributed by atoms with van der Waals surface area (Å²) in [4.78, 5) is 32.8. The van der Waals surface area contributed by atoms with E-state index in [1.165, 1.54) is 30.4 Å². The summed E-state index contributed by atoms with van der Waals surface area (Å²) in [5, 5.41) is 17.3. The minimum Gasteiger partial charge on any atom is -0.390 e. The Balaban J connectivity index is 1.46. The molecule has 0 unspecified atom stereocenters. The van der Waals surface area contributed by atoms with Crippen LogP contribution >= 0.6 is 11.3 Å². The van der Waals surface area contributed by atoms with Crippen molar-refractivity contribution in [3.8, 4) is 0 Å². The third-order valence-corrected chi connectivity index (χ3v) is 12.5. The lowest BCUT2D eigenvalue weighted by Gasteiger charge is -2.67. The van der Waals surface area contributed by atoms with Gasteiger partial charge in [0.25, 0.3) is 10.1 Å². The molecule has 1 saturated heterocycles. The summed E-state index contributed by atoms with van der Waals surface area (Å²) in [6.45, 7) is 5.08. The molecular formula is C29H35F2NO7S2. The smallest absolute Gasteiger partial charge is 0.264 e. The van der Waals surface area contributed by atoms with Crippen molar-refractivity contribution in [1.82, 2.24) is 5.06 Å². The molecule has 1 aliphatic heterocycles. The number of hydrogen-bond donors (Lipinski definition) is 1. The molecule has 2 heterocycles. The van der Waals surface area contributed by atoms with Crippen molar-refractivity contribution in [2.24, 2.45) is 28.1 Å². The van der Waals surface area contributed by atoms with Gasteiger partial charge in [-0.25, -0.2) is 8.78 Å². The number of alkyl halides is 2. The molecule has 12 heteroatoms. The van der Waals surface area contributed by atoms with Gasteiger partial charge in [0.05, 0.1) is 12.4 Å². The molecule has 4 fully saturated rings. The zero-order chi connectivity index (χ0) is 29.8.